The lowest BCUT2D eigenvalue weighted by Gasteiger charge is -2.06. The predicted molar refractivity (Wildman–Crippen MR) is 76.2 cm³/mol. The van der Waals surface area contributed by atoms with Gasteiger partial charge in [0.2, 0.25) is 0 Å². The Hall–Kier alpha value is -2.63. The van der Waals surface area contributed by atoms with E-state index in [0.29, 0.717) is 22.2 Å². The van der Waals surface area contributed by atoms with Crippen LogP contribution in [0.5, 0.6) is 0 Å². The minimum Gasteiger partial charge on any atom is -0.469 e. The number of ether oxygens (including phenoxy) is 2. The standard InChI is InChI=1S/C15H15NO5/c1-3-21-15(19)9-4-5-11-12(6-9)16-10(7-13(11)17)8-14(18)20-2/h4-7H,3,8H2,1-2H3,(H,16,17). The molecule has 110 valence electrons. The summed E-state index contributed by atoms with van der Waals surface area (Å²) in [5.41, 5.74) is 1.03. The average Bonchev–Trinajstić information content (AvgIpc) is 2.46. The van der Waals surface area contributed by atoms with Gasteiger partial charge in [0, 0.05) is 17.1 Å². The van der Waals surface area contributed by atoms with Crippen molar-refractivity contribution in [3.05, 3.63) is 45.7 Å². The quantitative estimate of drug-likeness (QED) is 0.860. The van der Waals surface area contributed by atoms with Gasteiger partial charge in [-0.1, -0.05) is 0 Å². The van der Waals surface area contributed by atoms with Gasteiger partial charge in [-0.05, 0) is 25.1 Å². The van der Waals surface area contributed by atoms with E-state index in [1.807, 2.05) is 0 Å². The largest absolute Gasteiger partial charge is 0.469 e. The predicted octanol–water partition coefficient (Wildman–Crippen LogP) is 1.42. The number of rotatable bonds is 4. The molecule has 0 aliphatic heterocycles. The maximum Gasteiger partial charge on any atom is 0.338 e. The molecule has 1 N–H and O–H groups in total. The number of aromatic amines is 1. The van der Waals surface area contributed by atoms with E-state index in [-0.39, 0.29) is 18.5 Å². The number of H-pyrrole nitrogens is 1. The Balaban J connectivity index is 2.47. The van der Waals surface area contributed by atoms with Gasteiger partial charge in [0.1, 0.15) is 0 Å². The number of pyridine rings is 1. The smallest absolute Gasteiger partial charge is 0.338 e. The molecule has 0 bridgehead atoms. The van der Waals surface area contributed by atoms with Gasteiger partial charge < -0.3 is 14.5 Å². The van der Waals surface area contributed by atoms with Crippen LogP contribution in [0.3, 0.4) is 0 Å². The van der Waals surface area contributed by atoms with Gasteiger partial charge in [-0.15, -0.1) is 0 Å². The number of benzene rings is 1. The highest BCUT2D eigenvalue weighted by molar-refractivity contribution is 5.94. The number of methoxy groups -OCH3 is 1. The Morgan fingerprint density at radius 1 is 1.24 bits per heavy atom. The molecule has 2 rings (SSSR count). The molecule has 0 fully saturated rings. The van der Waals surface area contributed by atoms with E-state index in [9.17, 15) is 14.4 Å². The van der Waals surface area contributed by atoms with Crippen molar-refractivity contribution < 1.29 is 19.1 Å². The van der Waals surface area contributed by atoms with E-state index in [2.05, 4.69) is 9.72 Å². The van der Waals surface area contributed by atoms with Crippen LogP contribution in [0.4, 0.5) is 0 Å². The highest BCUT2D eigenvalue weighted by atomic mass is 16.5. The van der Waals surface area contributed by atoms with E-state index < -0.39 is 11.9 Å². The minimum atomic E-state index is -0.460. The summed E-state index contributed by atoms with van der Waals surface area (Å²) in [6.07, 6.45) is -0.0364. The van der Waals surface area contributed by atoms with Crippen molar-refractivity contribution >= 4 is 22.8 Å². The Morgan fingerprint density at radius 2 is 2.00 bits per heavy atom. The monoisotopic (exact) mass is 289 g/mol. The molecule has 0 radical (unpaired) electrons. The fraction of sp³-hybridized carbons (Fsp3) is 0.267. The second kappa shape index (κ2) is 6.21. The van der Waals surface area contributed by atoms with E-state index >= 15 is 0 Å². The van der Waals surface area contributed by atoms with Crippen molar-refractivity contribution in [2.45, 2.75) is 13.3 Å². The van der Waals surface area contributed by atoms with Crippen LogP contribution in [0.2, 0.25) is 0 Å². The summed E-state index contributed by atoms with van der Waals surface area (Å²) < 4.78 is 9.48. The van der Waals surface area contributed by atoms with Crippen molar-refractivity contribution in [2.75, 3.05) is 13.7 Å². The van der Waals surface area contributed by atoms with Crippen molar-refractivity contribution in [3.63, 3.8) is 0 Å². The zero-order valence-electron chi connectivity index (χ0n) is 11.8. The van der Waals surface area contributed by atoms with Crippen molar-refractivity contribution in [1.29, 1.82) is 0 Å². The van der Waals surface area contributed by atoms with E-state index in [4.69, 9.17) is 4.74 Å². The first kappa shape index (κ1) is 14.8. The number of hydrogen-bond donors (Lipinski definition) is 1. The molecule has 1 heterocycles. The lowest BCUT2D eigenvalue weighted by molar-refractivity contribution is -0.139. The molecule has 1 aromatic heterocycles. The molecule has 0 spiro atoms. The first-order valence-electron chi connectivity index (χ1n) is 6.45. The maximum atomic E-state index is 12.0. The third-order valence-corrected chi connectivity index (χ3v) is 2.96. The number of carbonyl (C=O) groups is 2. The van der Waals surface area contributed by atoms with Gasteiger partial charge in [-0.3, -0.25) is 9.59 Å². The summed E-state index contributed by atoms with van der Waals surface area (Å²) in [6, 6.07) is 5.98. The summed E-state index contributed by atoms with van der Waals surface area (Å²) in [5.74, 6) is -0.912. The summed E-state index contributed by atoms with van der Waals surface area (Å²) in [7, 11) is 1.28. The van der Waals surface area contributed by atoms with Gasteiger partial charge in [-0.2, -0.15) is 0 Å². The Bertz CT molecular complexity index is 747. The highest BCUT2D eigenvalue weighted by Crippen LogP contribution is 2.13. The van der Waals surface area contributed by atoms with Crippen molar-refractivity contribution in [2.24, 2.45) is 0 Å². The van der Waals surface area contributed by atoms with Gasteiger partial charge in [0.05, 0.1) is 31.2 Å². The van der Waals surface area contributed by atoms with Crippen LogP contribution in [0.1, 0.15) is 23.0 Å². The van der Waals surface area contributed by atoms with E-state index in [1.54, 1.807) is 13.0 Å². The molecular weight excluding hydrogens is 274 g/mol. The van der Waals surface area contributed by atoms with Crippen molar-refractivity contribution in [3.8, 4) is 0 Å². The number of nitrogens with one attached hydrogen (secondary N) is 1. The van der Waals surface area contributed by atoms with E-state index in [0.717, 1.165) is 0 Å². The molecule has 0 saturated heterocycles. The molecule has 6 nitrogen and oxygen atoms in total. The van der Waals surface area contributed by atoms with Gasteiger partial charge in [0.15, 0.2) is 5.43 Å². The Morgan fingerprint density at radius 3 is 2.67 bits per heavy atom. The molecule has 0 amide bonds. The zero-order valence-corrected chi connectivity index (χ0v) is 11.8. The zero-order chi connectivity index (χ0) is 15.4. The molecule has 6 heteroatoms. The molecule has 0 aliphatic carbocycles. The SMILES string of the molecule is CCOC(=O)c1ccc2c(=O)cc(CC(=O)OC)[nH]c2c1. The number of esters is 2. The van der Waals surface area contributed by atoms with Gasteiger partial charge in [0.25, 0.3) is 0 Å². The Labute approximate surface area is 120 Å². The van der Waals surface area contributed by atoms with Crippen LogP contribution in [0.25, 0.3) is 10.9 Å². The number of carbonyl (C=O) groups excluding carboxylic acids is 2. The lowest BCUT2D eigenvalue weighted by atomic mass is 10.1. The molecular formula is C15H15NO5. The fourth-order valence-electron chi connectivity index (χ4n) is 1.97. The number of aromatic nitrogens is 1. The maximum absolute atomic E-state index is 12.0. The normalized spacial score (nSPS) is 10.4. The summed E-state index contributed by atoms with van der Waals surface area (Å²) in [5, 5.41) is 0.441. The van der Waals surface area contributed by atoms with Gasteiger partial charge in [-0.25, -0.2) is 4.79 Å². The van der Waals surface area contributed by atoms with Crippen LogP contribution >= 0.6 is 0 Å². The second-order valence-corrected chi connectivity index (χ2v) is 4.39. The number of fused-ring (bicyclic) bond motifs is 1. The lowest BCUT2D eigenvalue weighted by Crippen LogP contribution is -2.12. The molecule has 2 aromatic rings. The molecule has 0 aliphatic rings. The molecule has 0 saturated carbocycles. The van der Waals surface area contributed by atoms with Crippen LogP contribution in [-0.4, -0.2) is 30.6 Å². The topological polar surface area (TPSA) is 85.5 Å². The highest BCUT2D eigenvalue weighted by Gasteiger charge is 2.11. The van der Waals surface area contributed by atoms with Crippen LogP contribution in [0.15, 0.2) is 29.1 Å². The average molecular weight is 289 g/mol. The van der Waals surface area contributed by atoms with Gasteiger partial charge >= 0.3 is 11.9 Å². The first-order valence-corrected chi connectivity index (χ1v) is 6.45. The van der Waals surface area contributed by atoms with Crippen LogP contribution < -0.4 is 5.43 Å². The molecule has 21 heavy (non-hydrogen) atoms. The first-order chi connectivity index (χ1) is 10.0. The molecule has 0 unspecified atom stereocenters. The Kier molecular flexibility index (Phi) is 4.37. The third kappa shape index (κ3) is 3.28. The second-order valence-electron chi connectivity index (χ2n) is 4.39. The van der Waals surface area contributed by atoms with Crippen molar-refractivity contribution in [1.82, 2.24) is 4.98 Å². The molecule has 0 atom stereocenters. The summed E-state index contributed by atoms with van der Waals surface area (Å²) >= 11 is 0. The molecule has 1 aromatic carbocycles. The van der Waals surface area contributed by atoms with E-state index in [1.165, 1.54) is 25.3 Å². The minimum absolute atomic E-state index is 0.0364. The fourth-order valence-corrected chi connectivity index (χ4v) is 1.97. The third-order valence-electron chi connectivity index (χ3n) is 2.96. The van der Waals surface area contributed by atoms with Crippen LogP contribution in [0, 0.1) is 0 Å². The number of hydrogen-bond acceptors (Lipinski definition) is 5. The van der Waals surface area contributed by atoms with Crippen LogP contribution in [-0.2, 0) is 20.7 Å². The summed E-state index contributed by atoms with van der Waals surface area (Å²) in [4.78, 5) is 37.9. The summed E-state index contributed by atoms with van der Waals surface area (Å²) in [6.45, 7) is 1.99.